The van der Waals surface area contributed by atoms with Crippen molar-refractivity contribution in [3.63, 3.8) is 0 Å². The van der Waals surface area contributed by atoms with Gasteiger partial charge in [-0.3, -0.25) is 14.6 Å². The van der Waals surface area contributed by atoms with Crippen LogP contribution in [0.2, 0.25) is 0 Å². The Hall–Kier alpha value is -3.99. The van der Waals surface area contributed by atoms with Crippen molar-refractivity contribution in [2.45, 2.75) is 36.6 Å². The van der Waals surface area contributed by atoms with Gasteiger partial charge in [0.15, 0.2) is 0 Å². The number of hydrogen-bond acceptors (Lipinski definition) is 3. The molecule has 3 heterocycles. The molecule has 4 aromatic rings. The van der Waals surface area contributed by atoms with Crippen LogP contribution in [-0.4, -0.2) is 40.9 Å². The summed E-state index contributed by atoms with van der Waals surface area (Å²) >= 11 is 0. The molecule has 3 aliphatic rings. The van der Waals surface area contributed by atoms with Gasteiger partial charge in [-0.2, -0.15) is 0 Å². The van der Waals surface area contributed by atoms with E-state index in [9.17, 15) is 4.79 Å². The Morgan fingerprint density at radius 3 is 1.67 bits per heavy atom. The van der Waals surface area contributed by atoms with Gasteiger partial charge >= 0.3 is 0 Å². The Morgan fingerprint density at radius 1 is 0.615 bits per heavy atom. The maximum atomic E-state index is 13.6. The van der Waals surface area contributed by atoms with Crippen molar-refractivity contribution in [3.05, 3.63) is 155 Å². The second kappa shape index (κ2) is 9.64. The van der Waals surface area contributed by atoms with E-state index in [0.29, 0.717) is 0 Å². The van der Waals surface area contributed by atoms with Gasteiger partial charge in [0, 0.05) is 17.7 Å². The number of benzene rings is 4. The van der Waals surface area contributed by atoms with Crippen LogP contribution in [0.5, 0.6) is 0 Å². The van der Waals surface area contributed by atoms with Crippen LogP contribution in [0.3, 0.4) is 0 Å². The van der Waals surface area contributed by atoms with Crippen LogP contribution in [0, 0.1) is 0 Å². The van der Waals surface area contributed by atoms with Crippen LogP contribution in [-0.2, 0) is 0 Å². The van der Waals surface area contributed by atoms with Gasteiger partial charge in [0.05, 0.1) is 24.3 Å². The Kier molecular flexibility index (Phi) is 5.95. The summed E-state index contributed by atoms with van der Waals surface area (Å²) in [5, 5.41) is 0. The highest BCUT2D eigenvalue weighted by Crippen LogP contribution is 2.53. The summed E-state index contributed by atoms with van der Waals surface area (Å²) < 4.78 is 0. The molecule has 1 saturated heterocycles. The van der Waals surface area contributed by atoms with Crippen molar-refractivity contribution >= 4 is 5.91 Å². The predicted molar refractivity (Wildman–Crippen MR) is 155 cm³/mol. The number of hydrogen-bond donors (Lipinski definition) is 0. The molecule has 4 aromatic carbocycles. The van der Waals surface area contributed by atoms with Crippen molar-refractivity contribution in [3.8, 4) is 0 Å². The van der Waals surface area contributed by atoms with Crippen molar-refractivity contribution < 1.29 is 4.79 Å². The Balaban J connectivity index is 1.37. The van der Waals surface area contributed by atoms with Gasteiger partial charge in [-0.15, -0.1) is 0 Å². The van der Waals surface area contributed by atoms with Gasteiger partial charge in [0.2, 0.25) is 0 Å². The minimum absolute atomic E-state index is 0.0306. The van der Waals surface area contributed by atoms with E-state index in [1.807, 2.05) is 17.0 Å². The summed E-state index contributed by atoms with van der Waals surface area (Å²) in [5.41, 5.74) is 7.18. The van der Waals surface area contributed by atoms with Crippen molar-refractivity contribution in [2.75, 3.05) is 14.1 Å². The first-order valence-electron chi connectivity index (χ1n) is 13.9. The molecular formula is C35H33N3O. The Labute approximate surface area is 230 Å². The van der Waals surface area contributed by atoms with Gasteiger partial charge in [0.25, 0.3) is 5.91 Å². The number of nitrogens with zero attached hydrogens (tertiary/aromatic N) is 3. The van der Waals surface area contributed by atoms with E-state index >= 15 is 0 Å². The average Bonchev–Trinajstić information content (AvgIpc) is 3.42. The highest BCUT2D eigenvalue weighted by molar-refractivity contribution is 6.00. The minimum Gasteiger partial charge on any atom is -0.307 e. The minimum atomic E-state index is 0.0306. The number of carbonyl (C=O) groups excluding carboxylic acids is 1. The molecule has 1 fully saturated rings. The second-order valence-electron chi connectivity index (χ2n) is 11.1. The average molecular weight is 512 g/mol. The molecule has 0 aliphatic carbocycles. The molecule has 0 bridgehead atoms. The lowest BCUT2D eigenvalue weighted by molar-refractivity contribution is 0.0772. The number of carbonyl (C=O) groups is 1. The fraction of sp³-hybridized carbons (Fsp3) is 0.229. The molecule has 0 N–H and O–H groups in total. The third-order valence-electron chi connectivity index (χ3n) is 9.00. The predicted octanol–water partition coefficient (Wildman–Crippen LogP) is 6.94. The standard InChI is InChI=1S/C35H33N3O/c1-36-32(25-16-8-4-9-17-25)33(26-18-10-5-11-19-26)37(2)34(36)30-23-38-31(22-29(30)24-14-6-3-7-15-24)27-20-12-13-21-28(27)35(38)39/h3-21,23,29,31-34H,22H2,1-2H3/t29-,31-,32-,33-/m0/s1. The summed E-state index contributed by atoms with van der Waals surface area (Å²) in [6.45, 7) is 0. The van der Waals surface area contributed by atoms with E-state index in [1.165, 1.54) is 22.3 Å². The Bertz CT molecular complexity index is 1470. The quantitative estimate of drug-likeness (QED) is 0.297. The van der Waals surface area contributed by atoms with Crippen molar-refractivity contribution in [2.24, 2.45) is 0 Å². The van der Waals surface area contributed by atoms with Crippen LogP contribution in [0.15, 0.2) is 127 Å². The van der Waals surface area contributed by atoms with Crippen molar-refractivity contribution in [1.29, 1.82) is 0 Å². The number of rotatable bonds is 4. The van der Waals surface area contributed by atoms with E-state index in [2.05, 4.69) is 133 Å². The monoisotopic (exact) mass is 511 g/mol. The lowest BCUT2D eigenvalue weighted by Crippen LogP contribution is -2.42. The fourth-order valence-electron chi connectivity index (χ4n) is 7.31. The number of likely N-dealkylation sites (N-methyl/N-ethyl adjacent to an activating group) is 2. The van der Waals surface area contributed by atoms with Crippen LogP contribution in [0.25, 0.3) is 0 Å². The molecule has 4 atom stereocenters. The lowest BCUT2D eigenvalue weighted by Gasteiger charge is -2.40. The number of fused-ring (bicyclic) bond motifs is 3. The molecular weight excluding hydrogens is 478 g/mol. The van der Waals surface area contributed by atoms with Gasteiger partial charge < -0.3 is 4.90 Å². The first kappa shape index (κ1) is 24.1. The Morgan fingerprint density at radius 2 is 1.10 bits per heavy atom. The largest absolute Gasteiger partial charge is 0.307 e. The maximum Gasteiger partial charge on any atom is 0.258 e. The van der Waals surface area contributed by atoms with Crippen LogP contribution in [0.1, 0.15) is 63.1 Å². The van der Waals surface area contributed by atoms with E-state index in [4.69, 9.17) is 0 Å². The molecule has 0 radical (unpaired) electrons. The molecule has 4 heteroatoms. The topological polar surface area (TPSA) is 26.8 Å². The van der Waals surface area contributed by atoms with E-state index in [1.54, 1.807) is 0 Å². The molecule has 7 rings (SSSR count). The second-order valence-corrected chi connectivity index (χ2v) is 11.1. The molecule has 0 spiro atoms. The van der Waals surface area contributed by atoms with Crippen LogP contribution < -0.4 is 0 Å². The van der Waals surface area contributed by atoms with Gasteiger partial charge in [-0.05, 0) is 54.4 Å². The SMILES string of the molecule is CN1C(C2=CN3C(=O)c4ccccc4[C@@H]3C[C@H]2c2ccccc2)N(C)[C@@H](c2ccccc2)[C@@H]1c1ccccc1. The normalized spacial score (nSPS) is 25.4. The molecule has 39 heavy (non-hydrogen) atoms. The molecule has 4 nitrogen and oxygen atoms in total. The van der Waals surface area contributed by atoms with Crippen LogP contribution in [0.4, 0.5) is 0 Å². The van der Waals surface area contributed by atoms with Gasteiger partial charge in [-0.1, -0.05) is 109 Å². The first-order chi connectivity index (χ1) is 19.1. The summed E-state index contributed by atoms with van der Waals surface area (Å²) in [4.78, 5) is 20.7. The summed E-state index contributed by atoms with van der Waals surface area (Å²) in [5.74, 6) is 0.314. The fourth-order valence-corrected chi connectivity index (χ4v) is 7.31. The summed E-state index contributed by atoms with van der Waals surface area (Å²) in [7, 11) is 4.49. The highest BCUT2D eigenvalue weighted by Gasteiger charge is 2.50. The van der Waals surface area contributed by atoms with E-state index < -0.39 is 0 Å². The molecule has 0 saturated carbocycles. The van der Waals surface area contributed by atoms with Crippen molar-refractivity contribution in [1.82, 2.24) is 14.7 Å². The van der Waals surface area contributed by atoms with E-state index in [0.717, 1.165) is 17.5 Å². The molecule has 1 amide bonds. The zero-order chi connectivity index (χ0) is 26.5. The summed E-state index contributed by atoms with van der Waals surface area (Å²) in [6.07, 6.45) is 3.10. The third-order valence-corrected chi connectivity index (χ3v) is 9.00. The molecule has 0 unspecified atom stereocenters. The number of amides is 1. The zero-order valence-electron chi connectivity index (χ0n) is 22.4. The zero-order valence-corrected chi connectivity index (χ0v) is 22.4. The lowest BCUT2D eigenvalue weighted by atomic mass is 9.80. The molecule has 194 valence electrons. The highest BCUT2D eigenvalue weighted by atomic mass is 16.2. The van der Waals surface area contributed by atoms with Gasteiger partial charge in [0.1, 0.15) is 0 Å². The maximum absolute atomic E-state index is 13.6. The molecule has 0 aromatic heterocycles. The molecule has 3 aliphatic heterocycles. The van der Waals surface area contributed by atoms with Crippen LogP contribution >= 0.6 is 0 Å². The van der Waals surface area contributed by atoms with E-state index in [-0.39, 0.29) is 36.1 Å². The first-order valence-corrected chi connectivity index (χ1v) is 13.9. The third kappa shape index (κ3) is 3.86. The van der Waals surface area contributed by atoms with Gasteiger partial charge in [-0.25, -0.2) is 0 Å². The smallest absolute Gasteiger partial charge is 0.258 e. The summed E-state index contributed by atoms with van der Waals surface area (Å²) in [6, 6.07) is 41.1.